The highest BCUT2D eigenvalue weighted by molar-refractivity contribution is 4.90. The van der Waals surface area contributed by atoms with E-state index in [1.807, 2.05) is 0 Å². The molecule has 8 heavy (non-hydrogen) atoms. The largest absolute Gasteiger partial charge is 0.461 e. The highest BCUT2D eigenvalue weighted by Gasteiger charge is 2.12. The molecule has 2 rings (SSSR count). The molecule has 42 valence electrons. The van der Waals surface area contributed by atoms with Crippen molar-refractivity contribution >= 4 is 0 Å². The molecule has 1 aliphatic rings. The van der Waals surface area contributed by atoms with Crippen molar-refractivity contribution in [2.24, 2.45) is 0 Å². The molecule has 5 heteroatoms. The van der Waals surface area contributed by atoms with Gasteiger partial charge in [-0.25, -0.2) is 0 Å². The highest BCUT2D eigenvalue weighted by atomic mass is 16.5. The van der Waals surface area contributed by atoms with Gasteiger partial charge in [-0.1, -0.05) is 5.10 Å². The number of rotatable bonds is 0. The lowest BCUT2D eigenvalue weighted by molar-refractivity contribution is 0.340. The third-order valence-corrected chi connectivity index (χ3v) is 1.03. The van der Waals surface area contributed by atoms with E-state index < -0.39 is 0 Å². The normalized spacial score (nSPS) is 15.5. The Hall–Kier alpha value is -1.13. The Bertz CT molecular complexity index is 176. The van der Waals surface area contributed by atoms with Crippen LogP contribution < -0.4 is 4.74 Å². The molecule has 1 aromatic rings. The summed E-state index contributed by atoms with van der Waals surface area (Å²) in [5.74, 6) is 0. The summed E-state index contributed by atoms with van der Waals surface area (Å²) in [5, 5.41) is 10.6. The smallest absolute Gasteiger partial charge is 0.335 e. The van der Waals surface area contributed by atoms with Gasteiger partial charge < -0.3 is 4.74 Å². The maximum absolute atomic E-state index is 4.97. The first-order valence-electron chi connectivity index (χ1n) is 2.36. The van der Waals surface area contributed by atoms with Crippen LogP contribution in [0.5, 0.6) is 6.01 Å². The summed E-state index contributed by atoms with van der Waals surface area (Å²) in [7, 11) is 0. The first-order valence-corrected chi connectivity index (χ1v) is 2.36. The van der Waals surface area contributed by atoms with Gasteiger partial charge in [-0.3, -0.25) is 0 Å². The number of tetrazole rings is 1. The lowest BCUT2D eigenvalue weighted by atomic mass is 10.7. The third kappa shape index (κ3) is 0.330. The summed E-state index contributed by atoms with van der Waals surface area (Å²) in [4.78, 5) is 0. The van der Waals surface area contributed by atoms with E-state index in [-0.39, 0.29) is 0 Å². The van der Waals surface area contributed by atoms with Gasteiger partial charge in [0.1, 0.15) is 6.61 Å². The lowest BCUT2D eigenvalue weighted by Gasteiger charge is -1.81. The van der Waals surface area contributed by atoms with Crippen molar-refractivity contribution in [3.05, 3.63) is 0 Å². The molecule has 1 aromatic heterocycles. The molecule has 0 spiro atoms. The van der Waals surface area contributed by atoms with Gasteiger partial charge in [0.2, 0.25) is 0 Å². The molecule has 0 N–H and O–H groups in total. The van der Waals surface area contributed by atoms with Crippen LogP contribution in [0.4, 0.5) is 0 Å². The van der Waals surface area contributed by atoms with E-state index >= 15 is 0 Å². The Morgan fingerprint density at radius 3 is 3.50 bits per heavy atom. The van der Waals surface area contributed by atoms with E-state index in [0.29, 0.717) is 12.6 Å². The van der Waals surface area contributed by atoms with Gasteiger partial charge in [0.05, 0.1) is 6.54 Å². The molecular formula is C3H4N4O. The fraction of sp³-hybridized carbons (Fsp3) is 0.667. The van der Waals surface area contributed by atoms with Gasteiger partial charge in [0.15, 0.2) is 0 Å². The number of hydrogen-bond donors (Lipinski definition) is 0. The topological polar surface area (TPSA) is 52.8 Å². The summed E-state index contributed by atoms with van der Waals surface area (Å²) in [5.41, 5.74) is 0. The van der Waals surface area contributed by atoms with Crippen LogP contribution in [-0.4, -0.2) is 26.8 Å². The quantitative estimate of drug-likeness (QED) is 0.435. The van der Waals surface area contributed by atoms with Crippen molar-refractivity contribution in [1.29, 1.82) is 0 Å². The maximum Gasteiger partial charge on any atom is 0.335 e. The summed E-state index contributed by atoms with van der Waals surface area (Å²) in [6, 6.07) is 0.532. The predicted octanol–water partition coefficient (Wildman–Crippen LogP) is -0.935. The second-order valence-electron chi connectivity index (χ2n) is 1.53. The van der Waals surface area contributed by atoms with E-state index in [2.05, 4.69) is 15.5 Å². The zero-order valence-corrected chi connectivity index (χ0v) is 4.11. The first-order chi connectivity index (χ1) is 3.97. The molecule has 0 saturated carbocycles. The van der Waals surface area contributed by atoms with Gasteiger partial charge in [0.25, 0.3) is 0 Å². The van der Waals surface area contributed by atoms with Crippen LogP contribution in [0.2, 0.25) is 0 Å². The van der Waals surface area contributed by atoms with Crippen molar-refractivity contribution < 1.29 is 4.74 Å². The monoisotopic (exact) mass is 112 g/mol. The van der Waals surface area contributed by atoms with Gasteiger partial charge >= 0.3 is 6.01 Å². The summed E-state index contributed by atoms with van der Waals surface area (Å²) >= 11 is 0. The van der Waals surface area contributed by atoms with Gasteiger partial charge in [-0.15, -0.1) is 0 Å². The molecule has 0 fully saturated rings. The van der Waals surface area contributed by atoms with Gasteiger partial charge in [-0.2, -0.15) is 4.68 Å². The minimum atomic E-state index is 0.532. The molecule has 0 aliphatic carbocycles. The molecule has 0 bridgehead atoms. The second-order valence-corrected chi connectivity index (χ2v) is 1.53. The number of hydrogen-bond acceptors (Lipinski definition) is 4. The molecule has 2 heterocycles. The molecule has 0 unspecified atom stereocenters. The highest BCUT2D eigenvalue weighted by Crippen LogP contribution is 2.07. The summed E-state index contributed by atoms with van der Waals surface area (Å²) in [6.45, 7) is 1.46. The van der Waals surface area contributed by atoms with E-state index in [1.165, 1.54) is 0 Å². The van der Waals surface area contributed by atoms with Crippen LogP contribution in [0.3, 0.4) is 0 Å². The van der Waals surface area contributed by atoms with Gasteiger partial charge in [0, 0.05) is 0 Å². The summed E-state index contributed by atoms with van der Waals surface area (Å²) in [6.07, 6.45) is 0. The summed E-state index contributed by atoms with van der Waals surface area (Å²) < 4.78 is 6.59. The molecule has 5 nitrogen and oxygen atoms in total. The molecular weight excluding hydrogens is 108 g/mol. The van der Waals surface area contributed by atoms with E-state index in [9.17, 15) is 0 Å². The fourth-order valence-corrected chi connectivity index (χ4v) is 0.664. The van der Waals surface area contributed by atoms with E-state index in [4.69, 9.17) is 4.74 Å². The number of aromatic nitrogens is 4. The van der Waals surface area contributed by atoms with Crippen LogP contribution in [0.1, 0.15) is 0 Å². The molecule has 0 amide bonds. The van der Waals surface area contributed by atoms with E-state index in [1.54, 1.807) is 4.68 Å². The molecule has 0 saturated heterocycles. The predicted molar refractivity (Wildman–Crippen MR) is 23.3 cm³/mol. The Balaban J connectivity index is 2.54. The Morgan fingerprint density at radius 1 is 1.62 bits per heavy atom. The van der Waals surface area contributed by atoms with Gasteiger partial charge in [-0.05, 0) is 10.4 Å². The molecule has 0 atom stereocenters. The van der Waals surface area contributed by atoms with Crippen LogP contribution >= 0.6 is 0 Å². The Kier molecular flexibility index (Phi) is 0.563. The van der Waals surface area contributed by atoms with Crippen molar-refractivity contribution in [3.63, 3.8) is 0 Å². The minimum Gasteiger partial charge on any atom is -0.461 e. The average Bonchev–Trinajstić information content (AvgIpc) is 2.15. The van der Waals surface area contributed by atoms with Crippen LogP contribution in [0.15, 0.2) is 0 Å². The minimum absolute atomic E-state index is 0.532. The number of ether oxygens (including phenoxy) is 1. The van der Waals surface area contributed by atoms with Crippen molar-refractivity contribution in [2.45, 2.75) is 6.54 Å². The Labute approximate surface area is 45.3 Å². The van der Waals surface area contributed by atoms with E-state index in [0.717, 1.165) is 6.54 Å². The standard InChI is InChI=1S/C3H4N4O/c1-2-8-3-4-5-6-7(1)3/h1-2H2. The zero-order chi connectivity index (χ0) is 5.40. The molecule has 0 aromatic carbocycles. The average molecular weight is 112 g/mol. The second kappa shape index (κ2) is 1.18. The number of nitrogens with zero attached hydrogens (tertiary/aromatic N) is 4. The third-order valence-electron chi connectivity index (χ3n) is 1.03. The van der Waals surface area contributed by atoms with Crippen LogP contribution in [-0.2, 0) is 6.54 Å². The van der Waals surface area contributed by atoms with Crippen molar-refractivity contribution in [3.8, 4) is 6.01 Å². The lowest BCUT2D eigenvalue weighted by Crippen LogP contribution is -1.95. The molecule has 1 aliphatic heterocycles. The van der Waals surface area contributed by atoms with Crippen LogP contribution in [0, 0.1) is 0 Å². The first kappa shape index (κ1) is 3.82. The van der Waals surface area contributed by atoms with Crippen LogP contribution in [0.25, 0.3) is 0 Å². The zero-order valence-electron chi connectivity index (χ0n) is 4.11. The maximum atomic E-state index is 4.97. The molecule has 0 radical (unpaired) electrons. The SMILES string of the molecule is C1Cn2nnnc2O1. The van der Waals surface area contributed by atoms with Crippen molar-refractivity contribution in [1.82, 2.24) is 20.2 Å². The Morgan fingerprint density at radius 2 is 2.62 bits per heavy atom. The number of fused-ring (bicyclic) bond motifs is 1. The van der Waals surface area contributed by atoms with Crippen molar-refractivity contribution in [2.75, 3.05) is 6.61 Å². The fourth-order valence-electron chi connectivity index (χ4n) is 0.664.